The SMILES string of the molecule is CN(CCC(=O)Nc1ccc(N2CCOCC2)cc1)Cc1ccc(Br)s1. The number of halogens is 1. The number of carbonyl (C=O) groups is 1. The topological polar surface area (TPSA) is 44.8 Å². The van der Waals surface area contributed by atoms with Crippen molar-refractivity contribution in [2.45, 2.75) is 13.0 Å². The number of hydrogen-bond acceptors (Lipinski definition) is 5. The van der Waals surface area contributed by atoms with E-state index in [1.807, 2.05) is 19.2 Å². The molecule has 1 aliphatic heterocycles. The van der Waals surface area contributed by atoms with E-state index in [1.165, 1.54) is 10.6 Å². The first-order chi connectivity index (χ1) is 12.6. The van der Waals surface area contributed by atoms with Crippen LogP contribution in [0.4, 0.5) is 11.4 Å². The smallest absolute Gasteiger partial charge is 0.225 e. The molecule has 26 heavy (non-hydrogen) atoms. The molecule has 1 aliphatic rings. The summed E-state index contributed by atoms with van der Waals surface area (Å²) in [6.45, 7) is 4.96. The van der Waals surface area contributed by atoms with E-state index < -0.39 is 0 Å². The molecule has 5 nitrogen and oxygen atoms in total. The summed E-state index contributed by atoms with van der Waals surface area (Å²) in [5, 5.41) is 2.98. The van der Waals surface area contributed by atoms with Crippen LogP contribution in [0.1, 0.15) is 11.3 Å². The summed E-state index contributed by atoms with van der Waals surface area (Å²) in [6, 6.07) is 12.2. The highest BCUT2D eigenvalue weighted by Gasteiger charge is 2.11. The van der Waals surface area contributed by atoms with Crippen molar-refractivity contribution in [3.63, 3.8) is 0 Å². The zero-order chi connectivity index (χ0) is 18.4. The summed E-state index contributed by atoms with van der Waals surface area (Å²) in [7, 11) is 2.04. The number of rotatable bonds is 7. The first-order valence-electron chi connectivity index (χ1n) is 8.75. The molecule has 3 rings (SSSR count). The molecule has 0 aliphatic carbocycles. The van der Waals surface area contributed by atoms with E-state index in [-0.39, 0.29) is 5.91 Å². The first kappa shape index (κ1) is 19.4. The van der Waals surface area contributed by atoms with Crippen molar-refractivity contribution in [2.24, 2.45) is 0 Å². The fourth-order valence-electron chi connectivity index (χ4n) is 2.87. The normalized spacial score (nSPS) is 14.7. The van der Waals surface area contributed by atoms with Gasteiger partial charge in [-0.05, 0) is 59.4 Å². The molecule has 7 heteroatoms. The van der Waals surface area contributed by atoms with Crippen LogP contribution >= 0.6 is 27.3 Å². The fourth-order valence-corrected chi connectivity index (χ4v) is 4.44. The van der Waals surface area contributed by atoms with Gasteiger partial charge in [-0.3, -0.25) is 4.79 Å². The van der Waals surface area contributed by atoms with Crippen LogP contribution in [0, 0.1) is 0 Å². The van der Waals surface area contributed by atoms with Crippen molar-refractivity contribution in [3.8, 4) is 0 Å². The molecule has 2 heterocycles. The second kappa shape index (κ2) is 9.50. The Labute approximate surface area is 167 Å². The molecular weight excluding hydrogens is 414 g/mol. The maximum Gasteiger partial charge on any atom is 0.225 e. The lowest BCUT2D eigenvalue weighted by molar-refractivity contribution is -0.116. The van der Waals surface area contributed by atoms with Crippen LogP contribution in [0.25, 0.3) is 0 Å². The molecule has 0 radical (unpaired) electrons. The lowest BCUT2D eigenvalue weighted by Gasteiger charge is -2.28. The van der Waals surface area contributed by atoms with Gasteiger partial charge in [0, 0.05) is 48.9 Å². The zero-order valence-electron chi connectivity index (χ0n) is 14.9. The van der Waals surface area contributed by atoms with Gasteiger partial charge in [0.2, 0.25) is 5.91 Å². The Bertz CT molecular complexity index is 714. The molecule has 0 saturated carbocycles. The van der Waals surface area contributed by atoms with Gasteiger partial charge in [0.25, 0.3) is 0 Å². The van der Waals surface area contributed by atoms with Gasteiger partial charge in [-0.2, -0.15) is 0 Å². The Morgan fingerprint density at radius 1 is 1.23 bits per heavy atom. The number of hydrogen-bond donors (Lipinski definition) is 1. The van der Waals surface area contributed by atoms with Gasteiger partial charge < -0.3 is 19.9 Å². The molecule has 0 bridgehead atoms. The maximum absolute atomic E-state index is 12.2. The first-order valence-corrected chi connectivity index (χ1v) is 10.4. The van der Waals surface area contributed by atoms with Crippen LogP contribution in [0.5, 0.6) is 0 Å². The van der Waals surface area contributed by atoms with Crippen LogP contribution in [-0.4, -0.2) is 50.7 Å². The zero-order valence-corrected chi connectivity index (χ0v) is 17.3. The number of carbonyl (C=O) groups excluding carboxylic acids is 1. The minimum Gasteiger partial charge on any atom is -0.378 e. The quantitative estimate of drug-likeness (QED) is 0.714. The molecule has 0 spiro atoms. The van der Waals surface area contributed by atoms with Crippen molar-refractivity contribution in [3.05, 3.63) is 45.1 Å². The summed E-state index contributed by atoms with van der Waals surface area (Å²) in [5.74, 6) is 0.0448. The second-order valence-corrected chi connectivity index (χ2v) is 8.94. The van der Waals surface area contributed by atoms with E-state index in [1.54, 1.807) is 11.3 Å². The summed E-state index contributed by atoms with van der Waals surface area (Å²) < 4.78 is 6.52. The van der Waals surface area contributed by atoms with Gasteiger partial charge >= 0.3 is 0 Å². The maximum atomic E-state index is 12.2. The van der Waals surface area contributed by atoms with Crippen molar-refractivity contribution < 1.29 is 9.53 Å². The molecule has 0 atom stereocenters. The molecule has 1 N–H and O–H groups in total. The third-order valence-electron chi connectivity index (χ3n) is 4.30. The minimum atomic E-state index is 0.0448. The van der Waals surface area contributed by atoms with Gasteiger partial charge in [0.15, 0.2) is 0 Å². The number of anilines is 2. The number of amides is 1. The average Bonchev–Trinajstić information content (AvgIpc) is 3.06. The molecule has 140 valence electrons. The average molecular weight is 438 g/mol. The summed E-state index contributed by atoms with van der Waals surface area (Å²) in [5.41, 5.74) is 2.02. The Balaban J connectivity index is 1.42. The van der Waals surface area contributed by atoms with Gasteiger partial charge in [-0.1, -0.05) is 0 Å². The van der Waals surface area contributed by atoms with Crippen LogP contribution in [-0.2, 0) is 16.1 Å². The molecule has 2 aromatic rings. The van der Waals surface area contributed by atoms with Crippen molar-refractivity contribution in [1.29, 1.82) is 0 Å². The highest BCUT2D eigenvalue weighted by Crippen LogP contribution is 2.23. The van der Waals surface area contributed by atoms with Crippen LogP contribution in [0.2, 0.25) is 0 Å². The number of nitrogens with one attached hydrogen (secondary N) is 1. The van der Waals surface area contributed by atoms with Gasteiger partial charge in [0.1, 0.15) is 0 Å². The summed E-state index contributed by atoms with van der Waals surface area (Å²) in [4.78, 5) is 17.9. The van der Waals surface area contributed by atoms with Crippen LogP contribution in [0.3, 0.4) is 0 Å². The van der Waals surface area contributed by atoms with Gasteiger partial charge in [-0.25, -0.2) is 0 Å². The molecule has 1 aromatic carbocycles. The Hall–Kier alpha value is -1.41. The summed E-state index contributed by atoms with van der Waals surface area (Å²) >= 11 is 5.21. The third kappa shape index (κ3) is 5.81. The van der Waals surface area contributed by atoms with Crippen LogP contribution < -0.4 is 10.2 Å². The fraction of sp³-hybridized carbons (Fsp3) is 0.421. The van der Waals surface area contributed by atoms with Crippen molar-refractivity contribution in [2.75, 3.05) is 50.1 Å². The van der Waals surface area contributed by atoms with Crippen LogP contribution in [0.15, 0.2) is 40.2 Å². The van der Waals surface area contributed by atoms with Gasteiger partial charge in [-0.15, -0.1) is 11.3 Å². The largest absolute Gasteiger partial charge is 0.378 e. The molecule has 0 unspecified atom stereocenters. The number of benzene rings is 1. The molecule has 1 amide bonds. The lowest BCUT2D eigenvalue weighted by atomic mass is 10.2. The second-order valence-electron chi connectivity index (χ2n) is 6.39. The predicted molar refractivity (Wildman–Crippen MR) is 111 cm³/mol. The minimum absolute atomic E-state index is 0.0448. The number of morpholine rings is 1. The van der Waals surface area contributed by atoms with E-state index in [2.05, 4.69) is 55.3 Å². The summed E-state index contributed by atoms with van der Waals surface area (Å²) in [6.07, 6.45) is 0.480. The molecule has 1 aromatic heterocycles. The van der Waals surface area contributed by atoms with Gasteiger partial charge in [0.05, 0.1) is 17.0 Å². The highest BCUT2D eigenvalue weighted by molar-refractivity contribution is 9.11. The van der Waals surface area contributed by atoms with Crippen molar-refractivity contribution in [1.82, 2.24) is 4.90 Å². The van der Waals surface area contributed by atoms with E-state index >= 15 is 0 Å². The number of nitrogens with zero attached hydrogens (tertiary/aromatic N) is 2. The lowest BCUT2D eigenvalue weighted by Crippen LogP contribution is -2.36. The monoisotopic (exact) mass is 437 g/mol. The predicted octanol–water partition coefficient (Wildman–Crippen LogP) is 3.81. The number of ether oxygens (including phenoxy) is 1. The molecule has 1 saturated heterocycles. The van der Waals surface area contributed by atoms with E-state index in [0.717, 1.165) is 48.9 Å². The molecule has 1 fully saturated rings. The van der Waals surface area contributed by atoms with E-state index in [9.17, 15) is 4.79 Å². The highest BCUT2D eigenvalue weighted by atomic mass is 79.9. The Kier molecular flexibility index (Phi) is 7.07. The Morgan fingerprint density at radius 2 is 1.96 bits per heavy atom. The van der Waals surface area contributed by atoms with E-state index in [0.29, 0.717) is 6.42 Å². The van der Waals surface area contributed by atoms with E-state index in [4.69, 9.17) is 4.74 Å². The number of thiophene rings is 1. The molecular formula is C19H24BrN3O2S. The Morgan fingerprint density at radius 3 is 2.62 bits per heavy atom. The standard InChI is InChI=1S/C19H24BrN3O2S/c1-22(14-17-6-7-18(20)26-17)9-8-19(24)21-15-2-4-16(5-3-15)23-10-12-25-13-11-23/h2-7H,8-14H2,1H3,(H,21,24). The third-order valence-corrected chi connectivity index (χ3v) is 5.91. The van der Waals surface area contributed by atoms with Crippen molar-refractivity contribution >= 4 is 44.5 Å².